The monoisotopic (exact) mass is 214 g/mol. The van der Waals surface area contributed by atoms with Crippen LogP contribution in [0.1, 0.15) is 5.56 Å². The van der Waals surface area contributed by atoms with Crippen LogP contribution in [-0.2, 0) is 0 Å². The smallest absolute Gasteiger partial charge is 0.237 e. The van der Waals surface area contributed by atoms with Crippen molar-refractivity contribution in [2.45, 2.75) is 0 Å². The number of nitrogens with zero attached hydrogens (tertiary/aromatic N) is 2. The fraction of sp³-hybridized carbons (Fsp3) is 0. The number of halogens is 1. The lowest BCUT2D eigenvalue weighted by Crippen LogP contribution is -1.91. The second-order valence-electron chi connectivity index (χ2n) is 3.03. The van der Waals surface area contributed by atoms with Crippen LogP contribution in [0.3, 0.4) is 0 Å². The Bertz CT molecular complexity index is 549. The summed E-state index contributed by atoms with van der Waals surface area (Å²) in [7, 11) is 0. The van der Waals surface area contributed by atoms with E-state index in [0.29, 0.717) is 11.3 Å². The first-order valence-corrected chi connectivity index (χ1v) is 4.58. The largest absolute Gasteiger partial charge is 0.438 e. The third kappa shape index (κ3) is 2.15. The Labute approximate surface area is 91.7 Å². The van der Waals surface area contributed by atoms with E-state index in [1.165, 1.54) is 24.4 Å². The number of hydrogen-bond donors (Lipinski definition) is 0. The lowest BCUT2D eigenvalue weighted by molar-refractivity contribution is 0.456. The third-order valence-corrected chi connectivity index (χ3v) is 1.90. The minimum absolute atomic E-state index is 0.176. The Balaban J connectivity index is 2.31. The maximum Gasteiger partial charge on any atom is 0.237 e. The molecule has 0 fully saturated rings. The Morgan fingerprint density at radius 2 is 2.12 bits per heavy atom. The van der Waals surface area contributed by atoms with Crippen molar-refractivity contribution in [3.63, 3.8) is 0 Å². The molecule has 0 bridgehead atoms. The molecule has 4 heteroatoms. The molecule has 1 aromatic carbocycles. The molecule has 0 N–H and O–H groups in total. The van der Waals surface area contributed by atoms with E-state index in [1.54, 1.807) is 18.2 Å². The Morgan fingerprint density at radius 3 is 2.88 bits per heavy atom. The number of rotatable bonds is 2. The van der Waals surface area contributed by atoms with Gasteiger partial charge in [-0.1, -0.05) is 6.07 Å². The maximum atomic E-state index is 12.9. The summed E-state index contributed by atoms with van der Waals surface area (Å²) in [4.78, 5) is 3.91. The van der Waals surface area contributed by atoms with Crippen LogP contribution in [0.25, 0.3) is 0 Å². The molecule has 0 aliphatic heterocycles. The molecule has 3 nitrogen and oxygen atoms in total. The van der Waals surface area contributed by atoms with Crippen LogP contribution in [0.4, 0.5) is 4.39 Å². The molecule has 2 aromatic rings. The van der Waals surface area contributed by atoms with Crippen molar-refractivity contribution in [1.29, 1.82) is 5.26 Å². The molecule has 1 heterocycles. The van der Waals surface area contributed by atoms with Crippen LogP contribution in [0, 0.1) is 17.1 Å². The van der Waals surface area contributed by atoms with Crippen LogP contribution < -0.4 is 4.74 Å². The molecule has 0 atom stereocenters. The third-order valence-electron chi connectivity index (χ3n) is 1.90. The maximum absolute atomic E-state index is 12.9. The zero-order valence-corrected chi connectivity index (χ0v) is 8.22. The van der Waals surface area contributed by atoms with E-state index in [9.17, 15) is 4.39 Å². The molecular weight excluding hydrogens is 207 g/mol. The first-order valence-electron chi connectivity index (χ1n) is 4.58. The van der Waals surface area contributed by atoms with Gasteiger partial charge in [-0.3, -0.25) is 0 Å². The molecule has 0 saturated heterocycles. The van der Waals surface area contributed by atoms with E-state index < -0.39 is 5.82 Å². The highest BCUT2D eigenvalue weighted by atomic mass is 19.1. The van der Waals surface area contributed by atoms with Gasteiger partial charge in [0, 0.05) is 12.3 Å². The number of benzene rings is 1. The minimum atomic E-state index is -0.396. The molecule has 0 aliphatic rings. The van der Waals surface area contributed by atoms with E-state index in [2.05, 4.69) is 4.98 Å². The zero-order chi connectivity index (χ0) is 11.4. The first-order chi connectivity index (χ1) is 7.79. The van der Waals surface area contributed by atoms with Crippen LogP contribution in [0.5, 0.6) is 11.6 Å². The second kappa shape index (κ2) is 4.41. The number of hydrogen-bond acceptors (Lipinski definition) is 3. The van der Waals surface area contributed by atoms with Gasteiger partial charge in [0.1, 0.15) is 23.2 Å². The molecular formula is C12H7FN2O. The number of pyridine rings is 1. The summed E-state index contributed by atoms with van der Waals surface area (Å²) in [6.07, 6.45) is 1.51. The van der Waals surface area contributed by atoms with Gasteiger partial charge in [0.05, 0.1) is 0 Å². The number of ether oxygens (including phenoxy) is 1. The minimum Gasteiger partial charge on any atom is -0.438 e. The van der Waals surface area contributed by atoms with E-state index in [4.69, 9.17) is 10.00 Å². The fourth-order valence-corrected chi connectivity index (χ4v) is 1.20. The summed E-state index contributed by atoms with van der Waals surface area (Å²) in [5.74, 6) is 0.0951. The zero-order valence-electron chi connectivity index (χ0n) is 8.22. The average molecular weight is 214 g/mol. The fourth-order valence-electron chi connectivity index (χ4n) is 1.20. The summed E-state index contributed by atoms with van der Waals surface area (Å²) < 4.78 is 18.2. The molecule has 0 radical (unpaired) electrons. The highest BCUT2D eigenvalue weighted by Crippen LogP contribution is 2.22. The molecule has 78 valence electrons. The van der Waals surface area contributed by atoms with Crippen molar-refractivity contribution in [2.75, 3.05) is 0 Å². The molecule has 0 amide bonds. The van der Waals surface area contributed by atoms with Gasteiger partial charge in [-0.05, 0) is 24.3 Å². The second-order valence-corrected chi connectivity index (χ2v) is 3.03. The van der Waals surface area contributed by atoms with E-state index in [-0.39, 0.29) is 5.88 Å². The van der Waals surface area contributed by atoms with E-state index >= 15 is 0 Å². The Hall–Kier alpha value is -2.41. The molecule has 0 saturated carbocycles. The average Bonchev–Trinajstić information content (AvgIpc) is 2.30. The van der Waals surface area contributed by atoms with Crippen molar-refractivity contribution in [3.8, 4) is 17.7 Å². The Morgan fingerprint density at radius 1 is 1.25 bits per heavy atom. The lowest BCUT2D eigenvalue weighted by Gasteiger charge is -2.05. The summed E-state index contributed by atoms with van der Waals surface area (Å²) in [6, 6.07) is 10.8. The van der Waals surface area contributed by atoms with Crippen molar-refractivity contribution in [1.82, 2.24) is 4.98 Å². The number of aromatic nitrogens is 1. The lowest BCUT2D eigenvalue weighted by atomic mass is 10.3. The Kier molecular flexibility index (Phi) is 2.79. The summed E-state index contributed by atoms with van der Waals surface area (Å²) in [6.45, 7) is 0. The van der Waals surface area contributed by atoms with Crippen LogP contribution in [-0.4, -0.2) is 4.98 Å². The summed E-state index contributed by atoms with van der Waals surface area (Å²) >= 11 is 0. The standard InChI is InChI=1S/C12H7FN2O/c13-10-4-1-5-11(7-10)16-12-9(8-14)3-2-6-15-12/h1-7H. The predicted octanol–water partition coefficient (Wildman–Crippen LogP) is 2.88. The van der Waals surface area contributed by atoms with Gasteiger partial charge in [0.15, 0.2) is 0 Å². The molecule has 2 rings (SSSR count). The van der Waals surface area contributed by atoms with Crippen LogP contribution in [0.2, 0.25) is 0 Å². The highest BCUT2D eigenvalue weighted by Gasteiger charge is 2.05. The van der Waals surface area contributed by atoms with Crippen molar-refractivity contribution in [2.24, 2.45) is 0 Å². The van der Waals surface area contributed by atoms with Gasteiger partial charge < -0.3 is 4.74 Å². The molecule has 1 aromatic heterocycles. The number of nitriles is 1. The predicted molar refractivity (Wildman–Crippen MR) is 55.4 cm³/mol. The van der Waals surface area contributed by atoms with Gasteiger partial charge in [-0.2, -0.15) is 5.26 Å². The van der Waals surface area contributed by atoms with Gasteiger partial charge in [-0.25, -0.2) is 9.37 Å². The molecule has 0 spiro atoms. The highest BCUT2D eigenvalue weighted by molar-refractivity contribution is 5.40. The van der Waals surface area contributed by atoms with Gasteiger partial charge in [0.25, 0.3) is 0 Å². The van der Waals surface area contributed by atoms with Crippen molar-refractivity contribution in [3.05, 3.63) is 54.0 Å². The van der Waals surface area contributed by atoms with Crippen LogP contribution in [0.15, 0.2) is 42.6 Å². The molecule has 16 heavy (non-hydrogen) atoms. The normalized spacial score (nSPS) is 9.50. The van der Waals surface area contributed by atoms with Gasteiger partial charge in [0.2, 0.25) is 5.88 Å². The first kappa shape index (κ1) is 10.1. The summed E-state index contributed by atoms with van der Waals surface area (Å²) in [5.41, 5.74) is 0.312. The SMILES string of the molecule is N#Cc1cccnc1Oc1cccc(F)c1. The summed E-state index contributed by atoms with van der Waals surface area (Å²) in [5, 5.41) is 8.81. The van der Waals surface area contributed by atoms with Crippen molar-refractivity contribution < 1.29 is 9.13 Å². The van der Waals surface area contributed by atoms with E-state index in [0.717, 1.165) is 0 Å². The molecule has 0 aliphatic carbocycles. The quantitative estimate of drug-likeness (QED) is 0.772. The van der Waals surface area contributed by atoms with Gasteiger partial charge in [-0.15, -0.1) is 0 Å². The molecule has 0 unspecified atom stereocenters. The van der Waals surface area contributed by atoms with Crippen LogP contribution >= 0.6 is 0 Å². The topological polar surface area (TPSA) is 45.9 Å². The van der Waals surface area contributed by atoms with E-state index in [1.807, 2.05) is 6.07 Å². The van der Waals surface area contributed by atoms with Crippen molar-refractivity contribution >= 4 is 0 Å². The van der Waals surface area contributed by atoms with Gasteiger partial charge >= 0.3 is 0 Å².